The molecule has 0 saturated heterocycles. The lowest BCUT2D eigenvalue weighted by molar-refractivity contribution is -0.297. The number of carbonyl (C=O) groups is 2. The van der Waals surface area contributed by atoms with E-state index >= 15 is 0 Å². The molecular formula is C23H16N3O6S-. The van der Waals surface area contributed by atoms with Crippen molar-refractivity contribution < 1.29 is 27.5 Å². The van der Waals surface area contributed by atoms with Gasteiger partial charge in [0.2, 0.25) is 0 Å². The predicted octanol–water partition coefficient (Wildman–Crippen LogP) is 1.57. The van der Waals surface area contributed by atoms with Gasteiger partial charge >= 0.3 is 0 Å². The summed E-state index contributed by atoms with van der Waals surface area (Å²) in [4.78, 5) is 30.0. The highest BCUT2D eigenvalue weighted by molar-refractivity contribution is 7.89. The van der Waals surface area contributed by atoms with Gasteiger partial charge < -0.3 is 14.3 Å². The molecular weight excluding hydrogens is 446 g/mol. The third kappa shape index (κ3) is 4.97. The van der Waals surface area contributed by atoms with Crippen molar-refractivity contribution in [2.24, 2.45) is 4.99 Å². The van der Waals surface area contributed by atoms with Crippen LogP contribution in [0.4, 0.5) is 0 Å². The average molecular weight is 462 g/mol. The first-order chi connectivity index (χ1) is 15.8. The number of amidine groups is 1. The van der Waals surface area contributed by atoms with E-state index in [-0.39, 0.29) is 16.4 Å². The Morgan fingerprint density at radius 3 is 2.39 bits per heavy atom. The van der Waals surface area contributed by atoms with Crippen molar-refractivity contribution in [3.05, 3.63) is 102 Å². The zero-order chi connectivity index (χ0) is 23.4. The first kappa shape index (κ1) is 21.9. The lowest BCUT2D eigenvalue weighted by Gasteiger charge is -2.19. The molecule has 0 unspecified atom stereocenters. The number of nitrogens with zero attached hydrogens (tertiary/aromatic N) is 2. The summed E-state index contributed by atoms with van der Waals surface area (Å²) in [6.45, 7) is 0. The number of sulfonamides is 1. The number of amides is 1. The Morgan fingerprint density at radius 1 is 1.03 bits per heavy atom. The molecule has 33 heavy (non-hydrogen) atoms. The Balaban J connectivity index is 1.65. The third-order valence-corrected chi connectivity index (χ3v) is 5.84. The number of aliphatic imine (C=N–C) groups is 1. The maximum absolute atomic E-state index is 13.0. The molecule has 0 radical (unpaired) electrons. The third-order valence-electron chi connectivity index (χ3n) is 4.53. The van der Waals surface area contributed by atoms with E-state index in [9.17, 15) is 23.1 Å². The van der Waals surface area contributed by atoms with E-state index in [1.807, 2.05) is 0 Å². The molecule has 2 aromatic carbocycles. The summed E-state index contributed by atoms with van der Waals surface area (Å²) in [5.74, 6) is -1.55. The van der Waals surface area contributed by atoms with E-state index in [1.165, 1.54) is 42.7 Å². The van der Waals surface area contributed by atoms with Gasteiger partial charge in [0.1, 0.15) is 11.5 Å². The summed E-state index contributed by atoms with van der Waals surface area (Å²) in [7, 11) is -4.18. The van der Waals surface area contributed by atoms with E-state index in [4.69, 9.17) is 4.42 Å². The van der Waals surface area contributed by atoms with Crippen LogP contribution in [0.5, 0.6) is 0 Å². The van der Waals surface area contributed by atoms with Crippen LogP contribution in [0.2, 0.25) is 0 Å². The van der Waals surface area contributed by atoms with Gasteiger partial charge in [-0.15, -0.1) is 4.83 Å². The zero-order valence-electron chi connectivity index (χ0n) is 16.9. The number of hydrazine groups is 1. The Hall–Kier alpha value is -4.28. The Labute approximate surface area is 189 Å². The molecule has 1 aliphatic heterocycles. The Bertz CT molecular complexity index is 1370. The molecule has 1 N–H and O–H groups in total. The number of nitrogens with one attached hydrogen (secondary N) is 1. The number of carbonyl (C=O) groups excluding carboxylic acids is 2. The molecule has 9 nitrogen and oxygen atoms in total. The second kappa shape index (κ2) is 9.07. The van der Waals surface area contributed by atoms with Crippen molar-refractivity contribution in [3.63, 3.8) is 0 Å². The summed E-state index contributed by atoms with van der Waals surface area (Å²) >= 11 is 0. The molecule has 0 saturated carbocycles. The Morgan fingerprint density at radius 2 is 1.76 bits per heavy atom. The SMILES string of the molecule is O=C([O-])/C=C/c1ccc(S(=O)(=O)NN2C(=O)/C(=C\c3ccco3)N=C2c2ccccc2)cc1. The quantitative estimate of drug-likeness (QED) is 0.530. The minimum absolute atomic E-state index is 0.00531. The van der Waals surface area contributed by atoms with E-state index in [0.717, 1.165) is 11.1 Å². The molecule has 2 heterocycles. The summed E-state index contributed by atoms with van der Waals surface area (Å²) in [5.41, 5.74) is 0.985. The lowest BCUT2D eigenvalue weighted by atomic mass is 10.2. The molecule has 1 aliphatic rings. The molecule has 3 aromatic rings. The van der Waals surface area contributed by atoms with Crippen LogP contribution in [0.15, 0.2) is 99.1 Å². The van der Waals surface area contributed by atoms with Gasteiger partial charge in [0.05, 0.1) is 17.1 Å². The molecule has 166 valence electrons. The number of hydrogen-bond donors (Lipinski definition) is 1. The summed E-state index contributed by atoms with van der Waals surface area (Å²) in [6, 6.07) is 17.4. The van der Waals surface area contributed by atoms with Crippen LogP contribution < -0.4 is 9.94 Å². The summed E-state index contributed by atoms with van der Waals surface area (Å²) in [6.07, 6.45) is 4.97. The average Bonchev–Trinajstić information content (AvgIpc) is 3.42. The molecule has 0 bridgehead atoms. The largest absolute Gasteiger partial charge is 0.545 e. The monoisotopic (exact) mass is 462 g/mol. The second-order valence-corrected chi connectivity index (χ2v) is 8.46. The topological polar surface area (TPSA) is 132 Å². The number of carboxylic acids is 1. The van der Waals surface area contributed by atoms with Gasteiger partial charge in [0.15, 0.2) is 5.84 Å². The van der Waals surface area contributed by atoms with Crippen LogP contribution in [0.25, 0.3) is 12.2 Å². The second-order valence-electron chi connectivity index (χ2n) is 6.80. The van der Waals surface area contributed by atoms with Gasteiger partial charge in [-0.05, 0) is 35.9 Å². The summed E-state index contributed by atoms with van der Waals surface area (Å²) in [5, 5.41) is 11.4. The van der Waals surface area contributed by atoms with E-state index < -0.39 is 21.9 Å². The normalized spacial score (nSPS) is 15.4. The summed E-state index contributed by atoms with van der Waals surface area (Å²) < 4.78 is 31.2. The fourth-order valence-corrected chi connectivity index (χ4v) is 4.00. The van der Waals surface area contributed by atoms with E-state index in [1.54, 1.807) is 42.5 Å². The Kier molecular flexibility index (Phi) is 6.03. The first-order valence-electron chi connectivity index (χ1n) is 9.59. The van der Waals surface area contributed by atoms with E-state index in [0.29, 0.717) is 16.9 Å². The number of rotatable bonds is 7. The van der Waals surface area contributed by atoms with Crippen LogP contribution in [0.3, 0.4) is 0 Å². The maximum Gasteiger partial charge on any atom is 0.293 e. The van der Waals surface area contributed by atoms with Crippen LogP contribution in [0.1, 0.15) is 16.9 Å². The van der Waals surface area contributed by atoms with Crippen molar-refractivity contribution in [2.45, 2.75) is 4.90 Å². The number of furan rings is 1. The molecule has 0 spiro atoms. The smallest absolute Gasteiger partial charge is 0.293 e. The fourth-order valence-electron chi connectivity index (χ4n) is 2.99. The lowest BCUT2D eigenvalue weighted by Crippen LogP contribution is -2.47. The van der Waals surface area contributed by atoms with Crippen molar-refractivity contribution in [1.82, 2.24) is 9.84 Å². The van der Waals surface area contributed by atoms with Gasteiger partial charge in [-0.1, -0.05) is 48.5 Å². The maximum atomic E-state index is 13.0. The minimum atomic E-state index is -4.18. The highest BCUT2D eigenvalue weighted by atomic mass is 32.2. The molecule has 10 heteroatoms. The van der Waals surface area contributed by atoms with Crippen molar-refractivity contribution in [1.29, 1.82) is 0 Å². The van der Waals surface area contributed by atoms with Gasteiger partial charge in [0, 0.05) is 11.6 Å². The highest BCUT2D eigenvalue weighted by Gasteiger charge is 2.35. The molecule has 0 aliphatic carbocycles. The molecule has 1 aromatic heterocycles. The van der Waals surface area contributed by atoms with Crippen LogP contribution in [0, 0.1) is 0 Å². The standard InChI is InChI=1S/C23H17N3O6S/c27-21(28)13-10-16-8-11-19(12-9-16)33(30,31)25-26-22(17-5-2-1-3-6-17)24-20(23(26)29)15-18-7-4-14-32-18/h1-15,25H,(H,27,28)/p-1/b13-10+,20-15+. The number of aliphatic carboxylic acids is 1. The van der Waals surface area contributed by atoms with Crippen molar-refractivity contribution in [3.8, 4) is 0 Å². The van der Waals surface area contributed by atoms with Crippen LogP contribution in [-0.4, -0.2) is 31.1 Å². The van der Waals surface area contributed by atoms with Gasteiger partial charge in [-0.3, -0.25) is 4.79 Å². The number of carboxylic acid groups (broad SMARTS) is 1. The zero-order valence-corrected chi connectivity index (χ0v) is 17.7. The number of benzene rings is 2. The molecule has 0 atom stereocenters. The van der Waals surface area contributed by atoms with Crippen LogP contribution >= 0.6 is 0 Å². The van der Waals surface area contributed by atoms with Gasteiger partial charge in [-0.25, -0.2) is 18.4 Å². The van der Waals surface area contributed by atoms with Gasteiger partial charge in [0.25, 0.3) is 15.9 Å². The van der Waals surface area contributed by atoms with Gasteiger partial charge in [-0.2, -0.15) is 0 Å². The first-order valence-corrected chi connectivity index (χ1v) is 11.1. The highest BCUT2D eigenvalue weighted by Crippen LogP contribution is 2.22. The minimum Gasteiger partial charge on any atom is -0.545 e. The molecule has 0 fully saturated rings. The molecule has 4 rings (SSSR count). The van der Waals surface area contributed by atoms with Crippen LogP contribution in [-0.2, 0) is 19.6 Å². The van der Waals surface area contributed by atoms with E-state index in [2.05, 4.69) is 9.82 Å². The molecule has 1 amide bonds. The predicted molar refractivity (Wildman–Crippen MR) is 117 cm³/mol. The fraction of sp³-hybridized carbons (Fsp3) is 0. The van der Waals surface area contributed by atoms with Crippen molar-refractivity contribution >= 4 is 39.9 Å². The van der Waals surface area contributed by atoms with Crippen molar-refractivity contribution in [2.75, 3.05) is 0 Å². The number of hydrogen-bond acceptors (Lipinski definition) is 7.